The van der Waals surface area contributed by atoms with E-state index in [1.54, 1.807) is 0 Å². The molecule has 3 unspecified atom stereocenters. The lowest BCUT2D eigenvalue weighted by molar-refractivity contribution is 0.122. The van der Waals surface area contributed by atoms with Crippen molar-refractivity contribution in [2.75, 3.05) is 26.7 Å². The number of hydrogen-bond donors (Lipinski definition) is 1. The monoisotopic (exact) mass is 279 g/mol. The number of likely N-dealkylation sites (N-methyl/N-ethyl adjacent to an activating group) is 1. The second-order valence-electron chi connectivity index (χ2n) is 6.17. The highest BCUT2D eigenvalue weighted by Gasteiger charge is 2.31. The fourth-order valence-corrected chi connectivity index (χ4v) is 3.30. The minimum atomic E-state index is 0.157. The summed E-state index contributed by atoms with van der Waals surface area (Å²) in [4.78, 5) is 5.00. The molecule has 0 saturated carbocycles. The maximum absolute atomic E-state index is 6.44. The molecule has 0 amide bonds. The Labute approximate surface area is 122 Å². The van der Waals surface area contributed by atoms with Crippen LogP contribution in [0.4, 0.5) is 0 Å². The zero-order valence-corrected chi connectivity index (χ0v) is 13.3. The van der Waals surface area contributed by atoms with Gasteiger partial charge in [-0.3, -0.25) is 9.58 Å². The molecule has 2 heterocycles. The molecule has 1 saturated heterocycles. The Bertz CT molecular complexity index is 416. The quantitative estimate of drug-likeness (QED) is 0.900. The summed E-state index contributed by atoms with van der Waals surface area (Å²) in [6.45, 7) is 7.87. The number of aryl methyl sites for hydroxylation is 1. The maximum Gasteiger partial charge on any atom is 0.0538 e. The predicted molar refractivity (Wildman–Crippen MR) is 82.5 cm³/mol. The highest BCUT2D eigenvalue weighted by Crippen LogP contribution is 2.28. The van der Waals surface area contributed by atoms with Crippen molar-refractivity contribution >= 4 is 0 Å². The molecule has 1 aromatic heterocycles. The van der Waals surface area contributed by atoms with E-state index in [9.17, 15) is 0 Å². The first-order valence-corrected chi connectivity index (χ1v) is 7.71. The summed E-state index contributed by atoms with van der Waals surface area (Å²) in [6, 6.07) is 0.950. The van der Waals surface area contributed by atoms with Crippen LogP contribution in [0.25, 0.3) is 0 Å². The van der Waals surface area contributed by atoms with Gasteiger partial charge < -0.3 is 10.6 Å². The van der Waals surface area contributed by atoms with Crippen molar-refractivity contribution in [2.45, 2.75) is 44.8 Å². The lowest BCUT2D eigenvalue weighted by Crippen LogP contribution is -2.47. The Balaban J connectivity index is 2.25. The summed E-state index contributed by atoms with van der Waals surface area (Å²) in [7, 11) is 4.18. The number of nitrogens with two attached hydrogens (primary N) is 1. The molecule has 1 fully saturated rings. The van der Waals surface area contributed by atoms with Gasteiger partial charge in [-0.05, 0) is 33.4 Å². The van der Waals surface area contributed by atoms with Crippen LogP contribution in [-0.2, 0) is 7.05 Å². The molecule has 2 N–H and O–H groups in total. The highest BCUT2D eigenvalue weighted by molar-refractivity contribution is 5.14. The van der Waals surface area contributed by atoms with Crippen molar-refractivity contribution in [2.24, 2.45) is 12.8 Å². The van der Waals surface area contributed by atoms with Gasteiger partial charge in [-0.25, -0.2) is 0 Å². The first-order valence-electron chi connectivity index (χ1n) is 7.71. The Kier molecular flexibility index (Phi) is 5.18. The third-order valence-electron chi connectivity index (χ3n) is 4.40. The van der Waals surface area contributed by atoms with E-state index >= 15 is 0 Å². The van der Waals surface area contributed by atoms with Gasteiger partial charge in [0.1, 0.15) is 0 Å². The third-order valence-corrected chi connectivity index (χ3v) is 4.40. The smallest absolute Gasteiger partial charge is 0.0538 e. The van der Waals surface area contributed by atoms with E-state index in [2.05, 4.69) is 42.0 Å². The van der Waals surface area contributed by atoms with Crippen LogP contribution in [0.3, 0.4) is 0 Å². The zero-order valence-electron chi connectivity index (χ0n) is 13.3. The van der Waals surface area contributed by atoms with Gasteiger partial charge in [0.2, 0.25) is 0 Å². The van der Waals surface area contributed by atoms with Crippen LogP contribution < -0.4 is 5.73 Å². The van der Waals surface area contributed by atoms with Crippen molar-refractivity contribution in [3.8, 4) is 0 Å². The predicted octanol–water partition coefficient (Wildman–Crippen LogP) is 1.22. The zero-order chi connectivity index (χ0) is 14.7. The second-order valence-corrected chi connectivity index (χ2v) is 6.17. The molecule has 5 heteroatoms. The number of aromatic nitrogens is 2. The fraction of sp³-hybridized carbons (Fsp3) is 0.800. The van der Waals surface area contributed by atoms with Crippen LogP contribution in [0.5, 0.6) is 0 Å². The van der Waals surface area contributed by atoms with Gasteiger partial charge in [-0.2, -0.15) is 5.10 Å². The molecule has 1 aromatic rings. The molecule has 3 atom stereocenters. The Hall–Kier alpha value is -0.910. The van der Waals surface area contributed by atoms with E-state index in [-0.39, 0.29) is 12.1 Å². The van der Waals surface area contributed by atoms with E-state index in [1.807, 2.05) is 17.9 Å². The van der Waals surface area contributed by atoms with Crippen molar-refractivity contribution in [1.82, 2.24) is 19.6 Å². The van der Waals surface area contributed by atoms with Crippen LogP contribution in [0.15, 0.2) is 12.4 Å². The Morgan fingerprint density at radius 3 is 2.75 bits per heavy atom. The Morgan fingerprint density at radius 2 is 2.15 bits per heavy atom. The van der Waals surface area contributed by atoms with Crippen molar-refractivity contribution in [3.63, 3.8) is 0 Å². The van der Waals surface area contributed by atoms with Crippen molar-refractivity contribution in [1.29, 1.82) is 0 Å². The molecule has 0 aromatic carbocycles. The van der Waals surface area contributed by atoms with E-state index in [4.69, 9.17) is 5.73 Å². The molecule has 114 valence electrons. The summed E-state index contributed by atoms with van der Waals surface area (Å²) in [5, 5.41) is 4.34. The summed E-state index contributed by atoms with van der Waals surface area (Å²) < 4.78 is 1.87. The van der Waals surface area contributed by atoms with Crippen LogP contribution in [0, 0.1) is 0 Å². The van der Waals surface area contributed by atoms with Crippen LogP contribution in [0.1, 0.15) is 38.3 Å². The molecule has 20 heavy (non-hydrogen) atoms. The molecule has 0 aliphatic carbocycles. The first kappa shape index (κ1) is 15.5. The number of nitrogens with zero attached hydrogens (tertiary/aromatic N) is 4. The largest absolute Gasteiger partial charge is 0.326 e. The van der Waals surface area contributed by atoms with Gasteiger partial charge in [0.25, 0.3) is 0 Å². The van der Waals surface area contributed by atoms with Gasteiger partial charge in [-0.1, -0.05) is 6.92 Å². The van der Waals surface area contributed by atoms with Crippen LogP contribution in [0.2, 0.25) is 0 Å². The van der Waals surface area contributed by atoms with Crippen LogP contribution in [-0.4, -0.2) is 58.3 Å². The molecule has 0 bridgehead atoms. The van der Waals surface area contributed by atoms with Gasteiger partial charge >= 0.3 is 0 Å². The molecule has 1 aliphatic heterocycles. The van der Waals surface area contributed by atoms with Gasteiger partial charge in [-0.15, -0.1) is 0 Å². The fourth-order valence-electron chi connectivity index (χ4n) is 3.30. The molecule has 1 aliphatic rings. The summed E-state index contributed by atoms with van der Waals surface area (Å²) >= 11 is 0. The number of rotatable bonds is 4. The van der Waals surface area contributed by atoms with E-state index in [0.29, 0.717) is 6.04 Å². The van der Waals surface area contributed by atoms with Crippen molar-refractivity contribution in [3.05, 3.63) is 18.0 Å². The lowest BCUT2D eigenvalue weighted by Gasteiger charge is -2.38. The summed E-state index contributed by atoms with van der Waals surface area (Å²) in [5.74, 6) is 0. The van der Waals surface area contributed by atoms with E-state index < -0.39 is 0 Å². The topological polar surface area (TPSA) is 50.3 Å². The molecular weight excluding hydrogens is 250 g/mol. The third kappa shape index (κ3) is 3.40. The lowest BCUT2D eigenvalue weighted by atomic mass is 9.97. The maximum atomic E-state index is 6.44. The summed E-state index contributed by atoms with van der Waals surface area (Å²) in [5.41, 5.74) is 7.69. The van der Waals surface area contributed by atoms with E-state index in [0.717, 1.165) is 19.5 Å². The minimum absolute atomic E-state index is 0.157. The molecule has 2 rings (SSSR count). The van der Waals surface area contributed by atoms with Crippen molar-refractivity contribution < 1.29 is 0 Å². The average molecular weight is 279 g/mol. The Morgan fingerprint density at radius 1 is 1.40 bits per heavy atom. The normalized spacial score (nSPS) is 25.4. The molecular formula is C15H29N5. The highest BCUT2D eigenvalue weighted by atomic mass is 15.3. The number of hydrogen-bond acceptors (Lipinski definition) is 4. The standard InChI is InChI=1S/C15H29N5/c1-5-14(16)15(13-9-17-19(4)11-13)20-8-6-7-18(3)10-12(20)2/h9,11-12,14-15H,5-8,10,16H2,1-4H3. The second kappa shape index (κ2) is 6.70. The van der Waals surface area contributed by atoms with Crippen LogP contribution >= 0.6 is 0 Å². The molecule has 5 nitrogen and oxygen atoms in total. The van der Waals surface area contributed by atoms with Gasteiger partial charge in [0.05, 0.1) is 12.2 Å². The van der Waals surface area contributed by atoms with E-state index in [1.165, 1.54) is 18.5 Å². The summed E-state index contributed by atoms with van der Waals surface area (Å²) in [6.07, 6.45) is 6.27. The molecule has 0 radical (unpaired) electrons. The van der Waals surface area contributed by atoms with Gasteiger partial charge in [0, 0.05) is 44.0 Å². The van der Waals surface area contributed by atoms with Gasteiger partial charge in [0.15, 0.2) is 0 Å². The first-order chi connectivity index (χ1) is 9.52. The SMILES string of the molecule is CCC(N)C(c1cnn(C)c1)N1CCCN(C)CC1C. The average Bonchev–Trinajstić information content (AvgIpc) is 2.75. The minimum Gasteiger partial charge on any atom is -0.326 e. The molecule has 0 spiro atoms.